The van der Waals surface area contributed by atoms with Crippen LogP contribution in [-0.4, -0.2) is 90.5 Å². The fourth-order valence-electron chi connectivity index (χ4n) is 6.63. The molecule has 11 nitrogen and oxygen atoms in total. The van der Waals surface area contributed by atoms with Crippen molar-refractivity contribution < 1.29 is 27.8 Å². The van der Waals surface area contributed by atoms with Crippen LogP contribution in [0, 0.1) is 11.6 Å². The van der Waals surface area contributed by atoms with Crippen molar-refractivity contribution >= 4 is 35.5 Å². The normalized spacial score (nSPS) is 21.1. The zero-order chi connectivity index (χ0) is 33.3. The third kappa shape index (κ3) is 7.29. The molecule has 3 aromatic carbocycles. The summed E-state index contributed by atoms with van der Waals surface area (Å²) in [7, 11) is 0. The standard InChI is InChI=1S/C35H39F2N7O4.ClH/c1-25(2)43-17-18-44(34(43)45)29-6-4-27(5-7-29)40-13-15-41(16-14-40)28-8-10-30(11-9-28)46-20-33-47-22-35(48-33,21-42-24-38-23-39-42)31-12-3-26(36)19-32(31)37;/h3-12,19,23-25,33H,13-18,20-22H2,1-2H3;1H/t33-,35+;/m0./s1. The number of hydrogen-bond acceptors (Lipinski definition) is 8. The summed E-state index contributed by atoms with van der Waals surface area (Å²) in [5, 5.41) is 4.13. The van der Waals surface area contributed by atoms with Crippen LogP contribution in [-0.2, 0) is 21.6 Å². The zero-order valence-corrected chi connectivity index (χ0v) is 28.3. The second-order valence-electron chi connectivity index (χ2n) is 12.6. The first-order valence-corrected chi connectivity index (χ1v) is 16.3. The number of amides is 2. The van der Waals surface area contributed by atoms with Gasteiger partial charge in [0.05, 0.1) is 13.2 Å². The number of hydrogen-bond donors (Lipinski definition) is 0. The average molecular weight is 696 g/mol. The van der Waals surface area contributed by atoms with E-state index in [4.69, 9.17) is 14.2 Å². The van der Waals surface area contributed by atoms with Crippen molar-refractivity contribution in [3.8, 4) is 5.75 Å². The van der Waals surface area contributed by atoms with E-state index in [0.717, 1.165) is 55.9 Å². The molecule has 3 aliphatic heterocycles. The minimum atomic E-state index is -1.23. The van der Waals surface area contributed by atoms with Gasteiger partial charge in [0.2, 0.25) is 0 Å². The van der Waals surface area contributed by atoms with Crippen LogP contribution < -0.4 is 19.4 Å². The predicted octanol–water partition coefficient (Wildman–Crippen LogP) is 5.30. The molecule has 0 unspecified atom stereocenters. The van der Waals surface area contributed by atoms with Crippen LogP contribution in [0.2, 0.25) is 0 Å². The van der Waals surface area contributed by atoms with Crippen molar-refractivity contribution in [1.82, 2.24) is 19.7 Å². The van der Waals surface area contributed by atoms with Gasteiger partial charge in [-0.2, -0.15) is 5.10 Å². The Morgan fingerprint density at radius 2 is 1.55 bits per heavy atom. The van der Waals surface area contributed by atoms with Gasteiger partial charge in [-0.1, -0.05) is 6.07 Å². The maximum Gasteiger partial charge on any atom is 0.324 e. The van der Waals surface area contributed by atoms with Crippen molar-refractivity contribution in [3.63, 3.8) is 0 Å². The highest BCUT2D eigenvalue weighted by molar-refractivity contribution is 5.94. The number of ether oxygens (including phenoxy) is 3. The number of carbonyl (C=O) groups is 1. The number of benzene rings is 3. The molecule has 4 heterocycles. The van der Waals surface area contributed by atoms with Gasteiger partial charge < -0.3 is 28.9 Å². The molecule has 4 aromatic rings. The SMILES string of the molecule is CC(C)N1CCN(c2ccc(N3CCN(c4ccc(OC[C@H]5OC[C@](Cn6cncn6)(c6ccc(F)cc6F)O5)cc4)CC3)cc2)C1=O.Cl. The molecule has 49 heavy (non-hydrogen) atoms. The lowest BCUT2D eigenvalue weighted by Crippen LogP contribution is -2.46. The van der Waals surface area contributed by atoms with E-state index >= 15 is 0 Å². The minimum absolute atomic E-state index is 0. The fourth-order valence-corrected chi connectivity index (χ4v) is 6.63. The molecule has 260 valence electrons. The van der Waals surface area contributed by atoms with Crippen molar-refractivity contribution in [1.29, 1.82) is 0 Å². The molecule has 3 saturated heterocycles. The van der Waals surface area contributed by atoms with Crippen LogP contribution in [0.3, 0.4) is 0 Å². The van der Waals surface area contributed by atoms with Crippen LogP contribution in [0.25, 0.3) is 0 Å². The van der Waals surface area contributed by atoms with Crippen molar-refractivity contribution in [2.45, 2.75) is 38.3 Å². The number of nitrogens with zero attached hydrogens (tertiary/aromatic N) is 7. The van der Waals surface area contributed by atoms with Gasteiger partial charge >= 0.3 is 6.03 Å². The molecule has 14 heteroatoms. The van der Waals surface area contributed by atoms with Gasteiger partial charge in [-0.15, -0.1) is 12.4 Å². The molecule has 0 aliphatic carbocycles. The van der Waals surface area contributed by atoms with Crippen molar-refractivity contribution in [2.24, 2.45) is 0 Å². The molecule has 2 atom stereocenters. The fraction of sp³-hybridized carbons (Fsp3) is 0.400. The molecule has 0 saturated carbocycles. The number of aromatic nitrogens is 3. The highest BCUT2D eigenvalue weighted by Gasteiger charge is 2.45. The molecule has 0 radical (unpaired) electrons. The van der Waals surface area contributed by atoms with Crippen LogP contribution in [0.5, 0.6) is 5.75 Å². The monoisotopic (exact) mass is 695 g/mol. The molecule has 7 rings (SSSR count). The lowest BCUT2D eigenvalue weighted by atomic mass is 9.94. The number of halogens is 3. The van der Waals surface area contributed by atoms with E-state index in [-0.39, 0.29) is 49.8 Å². The molecule has 0 N–H and O–H groups in total. The Morgan fingerprint density at radius 3 is 2.14 bits per heavy atom. The third-order valence-corrected chi connectivity index (χ3v) is 9.22. The summed E-state index contributed by atoms with van der Waals surface area (Å²) in [5.74, 6) is -0.736. The average Bonchev–Trinajstić information content (AvgIpc) is 3.85. The predicted molar refractivity (Wildman–Crippen MR) is 184 cm³/mol. The summed E-state index contributed by atoms with van der Waals surface area (Å²) < 4.78 is 48.2. The smallest absolute Gasteiger partial charge is 0.324 e. The number of anilines is 3. The molecular weight excluding hydrogens is 656 g/mol. The second-order valence-corrected chi connectivity index (χ2v) is 12.6. The third-order valence-electron chi connectivity index (χ3n) is 9.22. The molecule has 1 aromatic heterocycles. The van der Waals surface area contributed by atoms with Gasteiger partial charge in [-0.25, -0.2) is 23.2 Å². The van der Waals surface area contributed by atoms with Gasteiger partial charge in [0.15, 0.2) is 6.29 Å². The summed E-state index contributed by atoms with van der Waals surface area (Å²) in [6.07, 6.45) is 2.12. The maximum atomic E-state index is 14.9. The highest BCUT2D eigenvalue weighted by Crippen LogP contribution is 2.37. The van der Waals surface area contributed by atoms with E-state index in [1.165, 1.54) is 29.5 Å². The Hall–Kier alpha value is -4.46. The first-order chi connectivity index (χ1) is 23.3. The van der Waals surface area contributed by atoms with Crippen molar-refractivity contribution in [3.05, 3.63) is 96.6 Å². The number of rotatable bonds is 10. The second kappa shape index (κ2) is 14.6. The molecule has 0 spiro atoms. The quantitative estimate of drug-likeness (QED) is 0.221. The molecular formula is C35H40ClF2N7O4. The van der Waals surface area contributed by atoms with E-state index in [2.05, 4.69) is 32.0 Å². The number of carbonyl (C=O) groups excluding carboxylic acids is 1. The van der Waals surface area contributed by atoms with E-state index in [1.807, 2.05) is 60.0 Å². The molecule has 3 fully saturated rings. The zero-order valence-electron chi connectivity index (χ0n) is 27.5. The van der Waals surface area contributed by atoms with E-state index in [9.17, 15) is 13.6 Å². The van der Waals surface area contributed by atoms with Gasteiger partial charge in [0.25, 0.3) is 0 Å². The lowest BCUT2D eigenvalue weighted by Gasteiger charge is -2.37. The first kappa shape index (κ1) is 34.4. The minimum Gasteiger partial charge on any atom is -0.488 e. The maximum absolute atomic E-state index is 14.9. The van der Waals surface area contributed by atoms with Gasteiger partial charge in [0, 0.05) is 74.0 Å². The Labute approximate surface area is 290 Å². The highest BCUT2D eigenvalue weighted by atomic mass is 35.5. The number of urea groups is 1. The summed E-state index contributed by atoms with van der Waals surface area (Å²) in [5.41, 5.74) is 2.15. The Kier molecular flexibility index (Phi) is 10.2. The summed E-state index contributed by atoms with van der Waals surface area (Å²) >= 11 is 0. The molecule has 0 bridgehead atoms. The Balaban J connectivity index is 0.00000417. The van der Waals surface area contributed by atoms with Crippen LogP contribution in [0.15, 0.2) is 79.4 Å². The number of piperazine rings is 1. The lowest BCUT2D eigenvalue weighted by molar-refractivity contribution is -0.117. The van der Waals surface area contributed by atoms with E-state index in [0.29, 0.717) is 12.3 Å². The Morgan fingerprint density at radius 1 is 0.898 bits per heavy atom. The first-order valence-electron chi connectivity index (χ1n) is 16.3. The van der Waals surface area contributed by atoms with Crippen LogP contribution in [0.1, 0.15) is 19.4 Å². The molecule has 3 aliphatic rings. The summed E-state index contributed by atoms with van der Waals surface area (Å²) in [6.45, 7) is 9.31. The van der Waals surface area contributed by atoms with E-state index < -0.39 is 23.5 Å². The van der Waals surface area contributed by atoms with Crippen molar-refractivity contribution in [2.75, 3.05) is 67.2 Å². The summed E-state index contributed by atoms with van der Waals surface area (Å²) in [6, 6.07) is 19.9. The summed E-state index contributed by atoms with van der Waals surface area (Å²) in [4.78, 5) is 25.2. The Bertz CT molecular complexity index is 1710. The van der Waals surface area contributed by atoms with Gasteiger partial charge in [-0.3, -0.25) is 4.90 Å². The van der Waals surface area contributed by atoms with Crippen LogP contribution >= 0.6 is 12.4 Å². The molecule has 2 amide bonds. The largest absolute Gasteiger partial charge is 0.488 e. The van der Waals surface area contributed by atoms with Gasteiger partial charge in [-0.05, 0) is 68.4 Å². The van der Waals surface area contributed by atoms with Gasteiger partial charge in [0.1, 0.15) is 42.2 Å². The van der Waals surface area contributed by atoms with Crippen LogP contribution in [0.4, 0.5) is 30.6 Å². The van der Waals surface area contributed by atoms with E-state index in [1.54, 1.807) is 0 Å². The topological polar surface area (TPSA) is 88.4 Å².